The van der Waals surface area contributed by atoms with Gasteiger partial charge in [-0.15, -0.1) is 0 Å². The van der Waals surface area contributed by atoms with E-state index in [0.29, 0.717) is 5.92 Å². The van der Waals surface area contributed by atoms with Crippen molar-refractivity contribution in [1.82, 2.24) is 14.9 Å². The van der Waals surface area contributed by atoms with Gasteiger partial charge < -0.3 is 19.4 Å². The number of imidazole rings is 1. The Morgan fingerprint density at radius 3 is 3.13 bits per heavy atom. The van der Waals surface area contributed by atoms with Gasteiger partial charge in [-0.2, -0.15) is 0 Å². The van der Waals surface area contributed by atoms with Crippen LogP contribution in [0.4, 0.5) is 0 Å². The second kappa shape index (κ2) is 7.62. The van der Waals surface area contributed by atoms with Crippen LogP contribution in [-0.2, 0) is 18.2 Å². The number of benzene rings is 1. The third-order valence-corrected chi connectivity index (χ3v) is 4.46. The van der Waals surface area contributed by atoms with Gasteiger partial charge in [0.25, 0.3) is 0 Å². The largest absolute Gasteiger partial charge is 0.497 e. The first-order chi connectivity index (χ1) is 11.3. The molecule has 0 spiro atoms. The first kappa shape index (κ1) is 16.0. The third-order valence-electron chi connectivity index (χ3n) is 4.46. The Balaban J connectivity index is 1.47. The first-order valence-electron chi connectivity index (χ1n) is 8.20. The van der Waals surface area contributed by atoms with Gasteiger partial charge in [0.05, 0.1) is 7.11 Å². The predicted octanol–water partition coefficient (Wildman–Crippen LogP) is 2.34. The quantitative estimate of drug-likeness (QED) is 0.797. The summed E-state index contributed by atoms with van der Waals surface area (Å²) in [4.78, 5) is 4.44. The number of methoxy groups -OCH3 is 1. The molecule has 124 valence electrons. The third kappa shape index (κ3) is 3.92. The van der Waals surface area contributed by atoms with Crippen molar-refractivity contribution in [3.63, 3.8) is 0 Å². The van der Waals surface area contributed by atoms with Crippen molar-refractivity contribution in [2.75, 3.05) is 26.8 Å². The normalized spacial score (nSPS) is 20.8. The molecule has 1 aliphatic heterocycles. The van der Waals surface area contributed by atoms with Crippen molar-refractivity contribution in [1.29, 1.82) is 0 Å². The van der Waals surface area contributed by atoms with Crippen molar-refractivity contribution >= 4 is 0 Å². The van der Waals surface area contributed by atoms with Crippen LogP contribution in [0.25, 0.3) is 0 Å². The molecule has 1 aromatic carbocycles. The van der Waals surface area contributed by atoms with Gasteiger partial charge in [0.1, 0.15) is 17.7 Å². The molecule has 2 heterocycles. The number of nitrogens with one attached hydrogen (secondary N) is 1. The molecule has 0 saturated carbocycles. The van der Waals surface area contributed by atoms with Gasteiger partial charge >= 0.3 is 0 Å². The van der Waals surface area contributed by atoms with E-state index in [-0.39, 0.29) is 6.10 Å². The van der Waals surface area contributed by atoms with Crippen molar-refractivity contribution < 1.29 is 9.47 Å². The maximum atomic E-state index is 5.90. The summed E-state index contributed by atoms with van der Waals surface area (Å²) in [6.45, 7) is 2.73. The summed E-state index contributed by atoms with van der Waals surface area (Å²) in [5, 5.41) is 3.57. The SMILES string of the molecule is COc1cccc(CCNC[C@@H]2CCO[C@H]2c2nccn2C)c1. The van der Waals surface area contributed by atoms with Gasteiger partial charge in [-0.3, -0.25) is 0 Å². The van der Waals surface area contributed by atoms with Crippen molar-refractivity contribution in [2.45, 2.75) is 18.9 Å². The van der Waals surface area contributed by atoms with Crippen LogP contribution in [0.15, 0.2) is 36.7 Å². The molecule has 1 aliphatic rings. The molecule has 2 atom stereocenters. The fourth-order valence-corrected chi connectivity index (χ4v) is 3.13. The van der Waals surface area contributed by atoms with Crippen LogP contribution < -0.4 is 10.1 Å². The molecule has 1 fully saturated rings. The molecule has 1 aromatic heterocycles. The second-order valence-corrected chi connectivity index (χ2v) is 6.04. The van der Waals surface area contributed by atoms with E-state index in [9.17, 15) is 0 Å². The van der Waals surface area contributed by atoms with Gasteiger partial charge in [-0.05, 0) is 37.1 Å². The Morgan fingerprint density at radius 2 is 2.35 bits per heavy atom. The van der Waals surface area contributed by atoms with Crippen molar-refractivity contribution in [2.24, 2.45) is 13.0 Å². The van der Waals surface area contributed by atoms with Crippen LogP contribution in [0.2, 0.25) is 0 Å². The van der Waals surface area contributed by atoms with Crippen LogP contribution >= 0.6 is 0 Å². The highest BCUT2D eigenvalue weighted by molar-refractivity contribution is 5.28. The van der Waals surface area contributed by atoms with E-state index >= 15 is 0 Å². The summed E-state index contributed by atoms with van der Waals surface area (Å²) in [7, 11) is 3.73. The summed E-state index contributed by atoms with van der Waals surface area (Å²) in [5.41, 5.74) is 1.29. The lowest BCUT2D eigenvalue weighted by atomic mass is 10.0. The monoisotopic (exact) mass is 315 g/mol. The molecule has 0 bridgehead atoms. The molecule has 0 radical (unpaired) electrons. The second-order valence-electron chi connectivity index (χ2n) is 6.04. The first-order valence-corrected chi connectivity index (χ1v) is 8.20. The van der Waals surface area contributed by atoms with E-state index in [0.717, 1.165) is 44.1 Å². The zero-order chi connectivity index (χ0) is 16.1. The molecule has 1 saturated heterocycles. The number of nitrogens with zero attached hydrogens (tertiary/aromatic N) is 2. The number of rotatable bonds is 7. The van der Waals surface area contributed by atoms with Crippen LogP contribution in [-0.4, -0.2) is 36.4 Å². The molecular weight excluding hydrogens is 290 g/mol. The lowest BCUT2D eigenvalue weighted by Crippen LogP contribution is -2.27. The molecule has 2 aromatic rings. The fourth-order valence-electron chi connectivity index (χ4n) is 3.13. The molecule has 5 heteroatoms. The van der Waals surface area contributed by atoms with Crippen molar-refractivity contribution in [3.8, 4) is 5.75 Å². The lowest BCUT2D eigenvalue weighted by molar-refractivity contribution is 0.0812. The van der Waals surface area contributed by atoms with Crippen LogP contribution in [0, 0.1) is 5.92 Å². The lowest BCUT2D eigenvalue weighted by Gasteiger charge is -2.18. The van der Waals surface area contributed by atoms with E-state index in [4.69, 9.17) is 9.47 Å². The Kier molecular flexibility index (Phi) is 5.31. The highest BCUT2D eigenvalue weighted by Crippen LogP contribution is 2.32. The average Bonchev–Trinajstić information content (AvgIpc) is 3.20. The van der Waals surface area contributed by atoms with E-state index in [1.165, 1.54) is 5.56 Å². The van der Waals surface area contributed by atoms with Gasteiger partial charge in [0.15, 0.2) is 0 Å². The molecule has 0 amide bonds. The highest BCUT2D eigenvalue weighted by atomic mass is 16.5. The van der Waals surface area contributed by atoms with E-state index < -0.39 is 0 Å². The topological polar surface area (TPSA) is 48.3 Å². The van der Waals surface area contributed by atoms with E-state index in [1.54, 1.807) is 7.11 Å². The van der Waals surface area contributed by atoms with Gasteiger partial charge in [0.2, 0.25) is 0 Å². The Bertz CT molecular complexity index is 626. The Labute approximate surface area is 137 Å². The Hall–Kier alpha value is -1.85. The number of aryl methyl sites for hydroxylation is 1. The minimum absolute atomic E-state index is 0.110. The molecule has 0 unspecified atom stereocenters. The molecule has 1 N–H and O–H groups in total. The minimum Gasteiger partial charge on any atom is -0.497 e. The number of hydrogen-bond donors (Lipinski definition) is 1. The predicted molar refractivity (Wildman–Crippen MR) is 89.6 cm³/mol. The van der Waals surface area contributed by atoms with Crippen LogP contribution in [0.1, 0.15) is 23.9 Å². The highest BCUT2D eigenvalue weighted by Gasteiger charge is 2.31. The van der Waals surface area contributed by atoms with Gasteiger partial charge in [0, 0.05) is 38.5 Å². The molecular formula is C18H25N3O2. The molecule has 3 rings (SSSR count). The zero-order valence-electron chi connectivity index (χ0n) is 13.9. The maximum Gasteiger partial charge on any atom is 0.137 e. The van der Waals surface area contributed by atoms with Crippen LogP contribution in [0.3, 0.4) is 0 Å². The number of hydrogen-bond acceptors (Lipinski definition) is 4. The standard InChI is InChI=1S/C18H25N3O2/c1-21-10-9-20-18(21)17-15(7-11-23-17)13-19-8-6-14-4-3-5-16(12-14)22-2/h3-5,9-10,12,15,17,19H,6-8,11,13H2,1-2H3/t15-,17+/m0/s1. The summed E-state index contributed by atoms with van der Waals surface area (Å²) >= 11 is 0. The average molecular weight is 315 g/mol. The summed E-state index contributed by atoms with van der Waals surface area (Å²) in [5.74, 6) is 2.44. The van der Waals surface area contributed by atoms with E-state index in [1.807, 2.05) is 31.6 Å². The van der Waals surface area contributed by atoms with Crippen LogP contribution in [0.5, 0.6) is 5.75 Å². The molecule has 23 heavy (non-hydrogen) atoms. The summed E-state index contributed by atoms with van der Waals surface area (Å²) in [6, 6.07) is 8.25. The maximum absolute atomic E-state index is 5.90. The molecule has 0 aliphatic carbocycles. The summed E-state index contributed by atoms with van der Waals surface area (Å²) < 4.78 is 13.2. The van der Waals surface area contributed by atoms with Gasteiger partial charge in [-0.1, -0.05) is 12.1 Å². The minimum atomic E-state index is 0.110. The summed E-state index contributed by atoms with van der Waals surface area (Å²) in [6.07, 6.45) is 6.01. The molecule has 5 nitrogen and oxygen atoms in total. The van der Waals surface area contributed by atoms with E-state index in [2.05, 4.69) is 27.0 Å². The van der Waals surface area contributed by atoms with Gasteiger partial charge in [-0.25, -0.2) is 4.98 Å². The number of aromatic nitrogens is 2. The Morgan fingerprint density at radius 1 is 1.43 bits per heavy atom. The fraction of sp³-hybridized carbons (Fsp3) is 0.500. The van der Waals surface area contributed by atoms with Crippen molar-refractivity contribution in [3.05, 3.63) is 48.0 Å². The zero-order valence-corrected chi connectivity index (χ0v) is 13.9. The smallest absolute Gasteiger partial charge is 0.137 e. The number of ether oxygens (including phenoxy) is 2.